The van der Waals surface area contributed by atoms with Crippen LogP contribution >= 0.6 is 11.6 Å². The number of methoxy groups -OCH3 is 2. The van der Waals surface area contributed by atoms with E-state index in [1.165, 1.54) is 20.3 Å². The lowest BCUT2D eigenvalue weighted by Crippen LogP contribution is -2.03. The molecule has 0 bridgehead atoms. The average Bonchev–Trinajstić information content (AvgIpc) is 2.34. The van der Waals surface area contributed by atoms with E-state index >= 15 is 0 Å². The number of benzene rings is 1. The van der Waals surface area contributed by atoms with E-state index in [4.69, 9.17) is 21.1 Å². The maximum Gasteiger partial charge on any atom is 0.315 e. The summed E-state index contributed by atoms with van der Waals surface area (Å²) in [4.78, 5) is 10.3. The third-order valence-electron chi connectivity index (χ3n) is 2.14. The molecule has 10 heteroatoms. The second-order valence-corrected chi connectivity index (χ2v) is 5.61. The largest absolute Gasteiger partial charge is 0.493 e. The maximum atomic E-state index is 11.0. The van der Waals surface area contributed by atoms with E-state index in [0.29, 0.717) is 0 Å². The van der Waals surface area contributed by atoms with Crippen LogP contribution < -0.4 is 9.47 Å². The number of nitro benzene ring substituents is 1. The Bertz CT molecular complexity index is 671. The predicted octanol–water partition coefficient (Wildman–Crippen LogP) is 1.56. The molecule has 0 saturated carbocycles. The van der Waals surface area contributed by atoms with Crippen LogP contribution in [0, 0.1) is 10.1 Å². The summed E-state index contributed by atoms with van der Waals surface area (Å²) in [6, 6.07) is 2.35. The first kappa shape index (κ1) is 16.2. The third-order valence-corrected chi connectivity index (χ3v) is 3.06. The standard InChI is InChI=1S/C10H11ClN2O6S/c1-18-8-5-6(10(11)12-20(3,16)17)4-7(13(14)15)9(8)19-2/h4-5H,1-3H3/b12-10-. The Hall–Kier alpha value is -1.87. The highest BCUT2D eigenvalue weighted by molar-refractivity contribution is 7.89. The molecule has 110 valence electrons. The van der Waals surface area contributed by atoms with Gasteiger partial charge in [0.25, 0.3) is 10.0 Å². The highest BCUT2D eigenvalue weighted by Crippen LogP contribution is 2.38. The van der Waals surface area contributed by atoms with Crippen molar-refractivity contribution in [1.82, 2.24) is 0 Å². The Labute approximate surface area is 120 Å². The summed E-state index contributed by atoms with van der Waals surface area (Å²) in [6.07, 6.45) is 0.852. The zero-order valence-electron chi connectivity index (χ0n) is 10.8. The van der Waals surface area contributed by atoms with E-state index in [2.05, 4.69) is 4.40 Å². The minimum atomic E-state index is -3.73. The van der Waals surface area contributed by atoms with Crippen molar-refractivity contribution in [2.75, 3.05) is 20.5 Å². The molecule has 0 fully saturated rings. The quantitative estimate of drug-likeness (QED) is 0.462. The first-order valence-electron chi connectivity index (χ1n) is 5.05. The number of ether oxygens (including phenoxy) is 2. The van der Waals surface area contributed by atoms with Gasteiger partial charge in [0.05, 0.1) is 25.4 Å². The van der Waals surface area contributed by atoms with Gasteiger partial charge in [-0.3, -0.25) is 10.1 Å². The average molecular weight is 323 g/mol. The van der Waals surface area contributed by atoms with Gasteiger partial charge in [-0.2, -0.15) is 4.40 Å². The Morgan fingerprint density at radius 1 is 1.35 bits per heavy atom. The molecule has 0 aliphatic rings. The number of hydrogen-bond acceptors (Lipinski definition) is 6. The molecule has 0 amide bonds. The third kappa shape index (κ3) is 3.81. The predicted molar refractivity (Wildman–Crippen MR) is 73.4 cm³/mol. The Kier molecular flexibility index (Phi) is 4.90. The van der Waals surface area contributed by atoms with Crippen LogP contribution in [0.3, 0.4) is 0 Å². The van der Waals surface area contributed by atoms with Gasteiger partial charge in [0.2, 0.25) is 5.75 Å². The first-order valence-corrected chi connectivity index (χ1v) is 7.28. The molecule has 0 unspecified atom stereocenters. The number of halogens is 1. The molecule has 0 aliphatic heterocycles. The summed E-state index contributed by atoms with van der Waals surface area (Å²) in [5.41, 5.74) is -0.384. The molecule has 20 heavy (non-hydrogen) atoms. The van der Waals surface area contributed by atoms with E-state index in [0.717, 1.165) is 12.3 Å². The number of rotatable bonds is 5. The zero-order chi connectivity index (χ0) is 15.5. The molecular formula is C10H11ClN2O6S. The van der Waals surface area contributed by atoms with Crippen LogP contribution in [0.1, 0.15) is 5.56 Å². The minimum absolute atomic E-state index is 0.0291. The van der Waals surface area contributed by atoms with Gasteiger partial charge in [-0.1, -0.05) is 11.6 Å². The Morgan fingerprint density at radius 3 is 2.35 bits per heavy atom. The highest BCUT2D eigenvalue weighted by atomic mass is 35.5. The molecule has 0 radical (unpaired) electrons. The zero-order valence-corrected chi connectivity index (χ0v) is 12.4. The molecule has 0 heterocycles. The van der Waals surface area contributed by atoms with E-state index in [1.54, 1.807) is 0 Å². The van der Waals surface area contributed by atoms with E-state index in [-0.39, 0.29) is 17.1 Å². The summed E-state index contributed by atoms with van der Waals surface area (Å²) in [5, 5.41) is 10.6. The normalized spacial score (nSPS) is 12.1. The van der Waals surface area contributed by atoms with Gasteiger partial charge in [0, 0.05) is 11.6 Å². The second-order valence-electron chi connectivity index (χ2n) is 3.60. The summed E-state index contributed by atoms with van der Waals surface area (Å²) in [6.45, 7) is 0. The van der Waals surface area contributed by atoms with Crippen LogP contribution in [0.4, 0.5) is 5.69 Å². The molecule has 8 nitrogen and oxygen atoms in total. The van der Waals surface area contributed by atoms with E-state index < -0.39 is 25.8 Å². The molecule has 0 saturated heterocycles. The molecule has 1 aromatic carbocycles. The summed E-state index contributed by atoms with van der Waals surface area (Å²) < 4.78 is 35.2. The van der Waals surface area contributed by atoms with Crippen molar-refractivity contribution in [1.29, 1.82) is 0 Å². The number of nitrogens with zero attached hydrogens (tertiary/aromatic N) is 2. The summed E-state index contributed by atoms with van der Waals surface area (Å²) in [7, 11) is -1.19. The minimum Gasteiger partial charge on any atom is -0.493 e. The van der Waals surface area contributed by atoms with Crippen LogP contribution in [0.15, 0.2) is 16.5 Å². The van der Waals surface area contributed by atoms with Crippen molar-refractivity contribution < 1.29 is 22.8 Å². The lowest BCUT2D eigenvalue weighted by Gasteiger charge is -2.09. The fourth-order valence-corrected chi connectivity index (χ4v) is 2.28. The van der Waals surface area contributed by atoms with Crippen molar-refractivity contribution in [3.05, 3.63) is 27.8 Å². The molecule has 0 aliphatic carbocycles. The van der Waals surface area contributed by atoms with Crippen LogP contribution in [0.2, 0.25) is 0 Å². The fourth-order valence-electron chi connectivity index (χ4n) is 1.40. The van der Waals surface area contributed by atoms with Gasteiger partial charge in [0.15, 0.2) is 5.75 Å². The monoisotopic (exact) mass is 322 g/mol. The van der Waals surface area contributed by atoms with Crippen molar-refractivity contribution in [2.24, 2.45) is 4.40 Å². The molecule has 0 spiro atoms. The van der Waals surface area contributed by atoms with Gasteiger partial charge in [-0.05, 0) is 6.07 Å². The highest BCUT2D eigenvalue weighted by Gasteiger charge is 2.23. The SMILES string of the molecule is COc1cc(/C(Cl)=N/S(C)(=O)=O)cc([N+](=O)[O-])c1OC. The topological polar surface area (TPSA) is 108 Å². The maximum absolute atomic E-state index is 11.0. The van der Waals surface area contributed by atoms with E-state index in [1.807, 2.05) is 0 Å². The molecule has 0 N–H and O–H groups in total. The van der Waals surface area contributed by atoms with Crippen LogP contribution in [-0.2, 0) is 10.0 Å². The lowest BCUT2D eigenvalue weighted by molar-refractivity contribution is -0.385. The number of sulfonamides is 1. The summed E-state index contributed by atoms with van der Waals surface area (Å²) >= 11 is 5.74. The van der Waals surface area contributed by atoms with Crippen LogP contribution in [0.5, 0.6) is 11.5 Å². The van der Waals surface area contributed by atoms with Crippen molar-refractivity contribution in [3.63, 3.8) is 0 Å². The second kappa shape index (κ2) is 6.06. The lowest BCUT2D eigenvalue weighted by atomic mass is 10.2. The summed E-state index contributed by atoms with van der Waals surface area (Å²) in [5.74, 6) is -0.0522. The molecule has 1 rings (SSSR count). The van der Waals surface area contributed by atoms with Gasteiger partial charge < -0.3 is 9.47 Å². The Morgan fingerprint density at radius 2 is 1.95 bits per heavy atom. The number of nitro groups is 1. The van der Waals surface area contributed by atoms with Gasteiger partial charge in [-0.25, -0.2) is 8.42 Å². The van der Waals surface area contributed by atoms with Crippen molar-refractivity contribution in [3.8, 4) is 11.5 Å². The van der Waals surface area contributed by atoms with Crippen molar-refractivity contribution in [2.45, 2.75) is 0 Å². The smallest absolute Gasteiger partial charge is 0.315 e. The van der Waals surface area contributed by atoms with Gasteiger partial charge >= 0.3 is 5.69 Å². The first-order chi connectivity index (χ1) is 9.19. The Balaban J connectivity index is 3.55. The number of hydrogen-bond donors (Lipinski definition) is 0. The van der Waals surface area contributed by atoms with Crippen LogP contribution in [0.25, 0.3) is 0 Å². The van der Waals surface area contributed by atoms with E-state index in [9.17, 15) is 18.5 Å². The molecule has 0 atom stereocenters. The van der Waals surface area contributed by atoms with Gasteiger partial charge in [-0.15, -0.1) is 0 Å². The van der Waals surface area contributed by atoms with Gasteiger partial charge in [0.1, 0.15) is 5.17 Å². The molecule has 1 aromatic rings. The fraction of sp³-hybridized carbons (Fsp3) is 0.300. The van der Waals surface area contributed by atoms with Crippen molar-refractivity contribution >= 4 is 32.5 Å². The molecular weight excluding hydrogens is 312 g/mol. The molecule has 0 aromatic heterocycles. The van der Waals surface area contributed by atoms with Crippen LogP contribution in [-0.4, -0.2) is 39.0 Å².